The van der Waals surface area contributed by atoms with Crippen molar-refractivity contribution in [1.82, 2.24) is 10.2 Å². The molecule has 0 saturated carbocycles. The molecule has 0 aliphatic carbocycles. The van der Waals surface area contributed by atoms with E-state index in [9.17, 15) is 0 Å². The smallest absolute Gasteiger partial charge is 0.126 e. The SMILES string of the molecule is CC(C)c1ccc(-c2cn[nH]c2N)cc1Br. The summed E-state index contributed by atoms with van der Waals surface area (Å²) in [5, 5.41) is 6.66. The van der Waals surface area contributed by atoms with Crippen molar-refractivity contribution in [3.05, 3.63) is 34.4 Å². The Morgan fingerprint density at radius 1 is 1.38 bits per heavy atom. The number of nitrogen functional groups attached to an aromatic ring is 1. The van der Waals surface area contributed by atoms with Crippen LogP contribution in [0.5, 0.6) is 0 Å². The summed E-state index contributed by atoms with van der Waals surface area (Å²) in [6, 6.07) is 6.27. The maximum absolute atomic E-state index is 5.79. The molecule has 4 heteroatoms. The summed E-state index contributed by atoms with van der Waals surface area (Å²) in [6.07, 6.45) is 1.74. The van der Waals surface area contributed by atoms with Crippen LogP contribution in [0.1, 0.15) is 25.3 Å². The van der Waals surface area contributed by atoms with Crippen molar-refractivity contribution in [3.63, 3.8) is 0 Å². The molecule has 0 saturated heterocycles. The highest BCUT2D eigenvalue weighted by Gasteiger charge is 2.09. The molecule has 0 aliphatic rings. The Labute approximate surface area is 103 Å². The van der Waals surface area contributed by atoms with E-state index < -0.39 is 0 Å². The second-order valence-corrected chi connectivity index (χ2v) is 4.94. The Hall–Kier alpha value is -1.29. The zero-order chi connectivity index (χ0) is 11.7. The molecule has 1 heterocycles. The van der Waals surface area contributed by atoms with Crippen LogP contribution in [0.2, 0.25) is 0 Å². The standard InChI is InChI=1S/C12H14BrN3/c1-7(2)9-4-3-8(5-11(9)13)10-6-15-16-12(10)14/h3-7H,1-2H3,(H3,14,15,16). The average Bonchev–Trinajstić information content (AvgIpc) is 2.63. The lowest BCUT2D eigenvalue weighted by atomic mass is 10.00. The van der Waals surface area contributed by atoms with Crippen LogP contribution in [0.25, 0.3) is 11.1 Å². The molecule has 3 N–H and O–H groups in total. The molecule has 0 bridgehead atoms. The zero-order valence-electron chi connectivity index (χ0n) is 9.29. The number of nitrogens with two attached hydrogens (primary N) is 1. The molecule has 3 nitrogen and oxygen atoms in total. The number of rotatable bonds is 2. The number of hydrogen-bond acceptors (Lipinski definition) is 2. The van der Waals surface area contributed by atoms with E-state index in [0.717, 1.165) is 15.6 Å². The van der Waals surface area contributed by atoms with E-state index in [1.54, 1.807) is 6.20 Å². The van der Waals surface area contributed by atoms with Crippen LogP contribution in [-0.2, 0) is 0 Å². The first-order valence-electron chi connectivity index (χ1n) is 5.18. The first-order valence-corrected chi connectivity index (χ1v) is 5.97. The lowest BCUT2D eigenvalue weighted by Crippen LogP contribution is -1.91. The van der Waals surface area contributed by atoms with Crippen LogP contribution in [-0.4, -0.2) is 10.2 Å². The second kappa shape index (κ2) is 4.29. The minimum absolute atomic E-state index is 0.505. The minimum atomic E-state index is 0.505. The highest BCUT2D eigenvalue weighted by molar-refractivity contribution is 9.10. The van der Waals surface area contributed by atoms with Gasteiger partial charge in [0.2, 0.25) is 0 Å². The summed E-state index contributed by atoms with van der Waals surface area (Å²) >= 11 is 3.59. The van der Waals surface area contributed by atoms with Crippen molar-refractivity contribution in [2.24, 2.45) is 0 Å². The number of nitrogens with one attached hydrogen (secondary N) is 1. The lowest BCUT2D eigenvalue weighted by Gasteiger charge is -2.09. The Balaban J connectivity index is 2.46. The Kier molecular flexibility index (Phi) is 3.01. The van der Waals surface area contributed by atoms with Gasteiger partial charge < -0.3 is 5.73 Å². The number of H-pyrrole nitrogens is 1. The molecule has 84 valence electrons. The summed E-state index contributed by atoms with van der Waals surface area (Å²) in [5.74, 6) is 1.11. The molecule has 1 aromatic heterocycles. The van der Waals surface area contributed by atoms with Gasteiger partial charge in [0.15, 0.2) is 0 Å². The molecule has 0 amide bonds. The van der Waals surface area contributed by atoms with Crippen molar-refractivity contribution in [1.29, 1.82) is 0 Å². The van der Waals surface area contributed by atoms with Gasteiger partial charge in [0.05, 0.1) is 6.20 Å². The number of aromatic amines is 1. The van der Waals surface area contributed by atoms with Gasteiger partial charge in [-0.1, -0.05) is 41.9 Å². The van der Waals surface area contributed by atoms with E-state index >= 15 is 0 Å². The van der Waals surface area contributed by atoms with Gasteiger partial charge in [-0.15, -0.1) is 0 Å². The van der Waals surface area contributed by atoms with Crippen LogP contribution in [0.3, 0.4) is 0 Å². The number of aromatic nitrogens is 2. The van der Waals surface area contributed by atoms with Gasteiger partial charge in [-0.3, -0.25) is 5.10 Å². The van der Waals surface area contributed by atoms with Crippen LogP contribution in [0, 0.1) is 0 Å². The summed E-state index contributed by atoms with van der Waals surface area (Å²) in [6.45, 7) is 4.35. The van der Waals surface area contributed by atoms with Crippen LogP contribution in [0.4, 0.5) is 5.82 Å². The van der Waals surface area contributed by atoms with E-state index in [0.29, 0.717) is 11.7 Å². The summed E-state index contributed by atoms with van der Waals surface area (Å²) in [7, 11) is 0. The number of nitrogens with zero attached hydrogens (tertiary/aromatic N) is 1. The predicted molar refractivity (Wildman–Crippen MR) is 70.2 cm³/mol. The van der Waals surface area contributed by atoms with E-state index in [1.165, 1.54) is 5.56 Å². The van der Waals surface area contributed by atoms with Crippen molar-refractivity contribution >= 4 is 21.7 Å². The van der Waals surface area contributed by atoms with Crippen molar-refractivity contribution in [2.75, 3.05) is 5.73 Å². The first kappa shape index (κ1) is 11.2. The third kappa shape index (κ3) is 1.97. The normalized spacial score (nSPS) is 11.0. The van der Waals surface area contributed by atoms with Crippen molar-refractivity contribution in [2.45, 2.75) is 19.8 Å². The topological polar surface area (TPSA) is 54.7 Å². The van der Waals surface area contributed by atoms with Gasteiger partial charge in [-0.05, 0) is 23.1 Å². The lowest BCUT2D eigenvalue weighted by molar-refractivity contribution is 0.861. The fourth-order valence-electron chi connectivity index (χ4n) is 1.69. The quantitative estimate of drug-likeness (QED) is 0.884. The van der Waals surface area contributed by atoms with Gasteiger partial charge in [0.25, 0.3) is 0 Å². The zero-order valence-corrected chi connectivity index (χ0v) is 10.9. The Morgan fingerprint density at radius 3 is 2.62 bits per heavy atom. The molecule has 16 heavy (non-hydrogen) atoms. The van der Waals surface area contributed by atoms with Gasteiger partial charge >= 0.3 is 0 Å². The monoisotopic (exact) mass is 279 g/mol. The molecule has 0 fully saturated rings. The van der Waals surface area contributed by atoms with Crippen LogP contribution >= 0.6 is 15.9 Å². The van der Waals surface area contributed by atoms with E-state index in [-0.39, 0.29) is 0 Å². The molecule has 1 aromatic carbocycles. The number of anilines is 1. The summed E-state index contributed by atoms with van der Waals surface area (Å²) < 4.78 is 1.11. The molecule has 0 spiro atoms. The van der Waals surface area contributed by atoms with Crippen molar-refractivity contribution < 1.29 is 0 Å². The van der Waals surface area contributed by atoms with Gasteiger partial charge in [0.1, 0.15) is 5.82 Å². The Morgan fingerprint density at radius 2 is 2.12 bits per heavy atom. The summed E-state index contributed by atoms with van der Waals surface area (Å²) in [4.78, 5) is 0. The van der Waals surface area contributed by atoms with E-state index in [4.69, 9.17) is 5.73 Å². The average molecular weight is 280 g/mol. The highest BCUT2D eigenvalue weighted by atomic mass is 79.9. The molecular weight excluding hydrogens is 266 g/mol. The molecule has 2 aromatic rings. The van der Waals surface area contributed by atoms with Crippen LogP contribution < -0.4 is 5.73 Å². The third-order valence-corrected chi connectivity index (χ3v) is 3.29. The molecular formula is C12H14BrN3. The second-order valence-electron chi connectivity index (χ2n) is 4.09. The molecule has 0 aliphatic heterocycles. The highest BCUT2D eigenvalue weighted by Crippen LogP contribution is 2.31. The van der Waals surface area contributed by atoms with E-state index in [1.807, 2.05) is 0 Å². The maximum atomic E-state index is 5.79. The molecule has 0 unspecified atom stereocenters. The number of halogens is 1. The molecule has 2 rings (SSSR count). The van der Waals surface area contributed by atoms with Gasteiger partial charge in [-0.25, -0.2) is 0 Å². The molecule has 0 atom stereocenters. The maximum Gasteiger partial charge on any atom is 0.126 e. The Bertz CT molecular complexity index is 503. The van der Waals surface area contributed by atoms with Gasteiger partial charge in [-0.2, -0.15) is 5.10 Å². The predicted octanol–water partition coefficient (Wildman–Crippen LogP) is 3.54. The van der Waals surface area contributed by atoms with Crippen molar-refractivity contribution in [3.8, 4) is 11.1 Å². The van der Waals surface area contributed by atoms with Gasteiger partial charge in [0, 0.05) is 10.0 Å². The largest absolute Gasteiger partial charge is 0.384 e. The number of benzene rings is 1. The third-order valence-electron chi connectivity index (χ3n) is 2.60. The summed E-state index contributed by atoms with van der Waals surface area (Å²) in [5.41, 5.74) is 9.10. The fraction of sp³-hybridized carbons (Fsp3) is 0.250. The van der Waals surface area contributed by atoms with E-state index in [2.05, 4.69) is 58.2 Å². The number of hydrogen-bond donors (Lipinski definition) is 2. The molecule has 0 radical (unpaired) electrons. The first-order chi connectivity index (χ1) is 7.59. The minimum Gasteiger partial charge on any atom is -0.384 e. The van der Waals surface area contributed by atoms with Crippen LogP contribution in [0.15, 0.2) is 28.9 Å². The fourth-order valence-corrected chi connectivity index (χ4v) is 2.53.